The van der Waals surface area contributed by atoms with Crippen molar-refractivity contribution in [2.75, 3.05) is 20.2 Å². The van der Waals surface area contributed by atoms with Crippen molar-refractivity contribution in [3.63, 3.8) is 0 Å². The van der Waals surface area contributed by atoms with Gasteiger partial charge in [0.2, 0.25) is 5.88 Å². The first-order valence-corrected chi connectivity index (χ1v) is 5.27. The van der Waals surface area contributed by atoms with Gasteiger partial charge in [0.15, 0.2) is 0 Å². The number of ether oxygens (including phenoxy) is 1. The van der Waals surface area contributed by atoms with Gasteiger partial charge in [-0.05, 0) is 6.07 Å². The lowest BCUT2D eigenvalue weighted by atomic mass is 10.2. The molecular weight excluding hydrogens is 208 g/mol. The van der Waals surface area contributed by atoms with Crippen LogP contribution < -0.4 is 4.74 Å². The Morgan fingerprint density at radius 1 is 1.44 bits per heavy atom. The minimum Gasteiger partial charge on any atom is -0.481 e. The van der Waals surface area contributed by atoms with E-state index in [9.17, 15) is 10.2 Å². The molecule has 2 rings (SSSR count). The fraction of sp³-hybridized carbons (Fsp3) is 0.545. The fourth-order valence-electron chi connectivity index (χ4n) is 1.95. The first-order valence-electron chi connectivity index (χ1n) is 5.27. The number of likely N-dealkylation sites (tertiary alicyclic amines) is 1. The largest absolute Gasteiger partial charge is 0.481 e. The Labute approximate surface area is 94.3 Å². The molecule has 1 aliphatic heterocycles. The summed E-state index contributed by atoms with van der Waals surface area (Å²) in [6.45, 7) is 1.60. The van der Waals surface area contributed by atoms with Crippen LogP contribution >= 0.6 is 0 Å². The number of aromatic nitrogens is 1. The van der Waals surface area contributed by atoms with Crippen molar-refractivity contribution in [3.8, 4) is 5.88 Å². The van der Waals surface area contributed by atoms with Gasteiger partial charge in [-0.1, -0.05) is 6.07 Å². The van der Waals surface area contributed by atoms with Gasteiger partial charge in [-0.3, -0.25) is 4.90 Å². The molecule has 5 nitrogen and oxygen atoms in total. The van der Waals surface area contributed by atoms with Gasteiger partial charge < -0.3 is 14.9 Å². The molecule has 0 radical (unpaired) electrons. The molecule has 2 heterocycles. The van der Waals surface area contributed by atoms with E-state index >= 15 is 0 Å². The van der Waals surface area contributed by atoms with E-state index in [1.54, 1.807) is 13.3 Å². The van der Waals surface area contributed by atoms with E-state index in [0.717, 1.165) is 5.56 Å². The zero-order chi connectivity index (χ0) is 11.5. The Balaban J connectivity index is 2.04. The number of methoxy groups -OCH3 is 1. The third kappa shape index (κ3) is 2.32. The predicted octanol–water partition coefficient (Wildman–Crippen LogP) is -0.372. The lowest BCUT2D eigenvalue weighted by Gasteiger charge is -2.15. The number of hydrogen-bond acceptors (Lipinski definition) is 5. The molecule has 88 valence electrons. The van der Waals surface area contributed by atoms with Crippen molar-refractivity contribution >= 4 is 0 Å². The highest BCUT2D eigenvalue weighted by atomic mass is 16.5. The first kappa shape index (κ1) is 11.3. The molecule has 5 heteroatoms. The van der Waals surface area contributed by atoms with Gasteiger partial charge in [0.25, 0.3) is 0 Å². The van der Waals surface area contributed by atoms with Crippen LogP contribution in [0.2, 0.25) is 0 Å². The number of nitrogens with zero attached hydrogens (tertiary/aromatic N) is 2. The zero-order valence-corrected chi connectivity index (χ0v) is 9.21. The summed E-state index contributed by atoms with van der Waals surface area (Å²) in [5.41, 5.74) is 0.964. The minimum atomic E-state index is -0.650. The summed E-state index contributed by atoms with van der Waals surface area (Å²) in [5, 5.41) is 18.9. The number of rotatable bonds is 3. The van der Waals surface area contributed by atoms with Crippen molar-refractivity contribution in [1.82, 2.24) is 9.88 Å². The highest BCUT2D eigenvalue weighted by molar-refractivity contribution is 5.25. The van der Waals surface area contributed by atoms with Crippen LogP contribution in [0.3, 0.4) is 0 Å². The van der Waals surface area contributed by atoms with Crippen molar-refractivity contribution in [2.24, 2.45) is 0 Å². The summed E-state index contributed by atoms with van der Waals surface area (Å²) >= 11 is 0. The average Bonchev–Trinajstić information content (AvgIpc) is 2.59. The van der Waals surface area contributed by atoms with Crippen molar-refractivity contribution < 1.29 is 14.9 Å². The van der Waals surface area contributed by atoms with Crippen LogP contribution in [0.25, 0.3) is 0 Å². The van der Waals surface area contributed by atoms with Crippen LogP contribution in [0, 0.1) is 0 Å². The summed E-state index contributed by atoms with van der Waals surface area (Å²) in [6.07, 6.45) is 0.376. The molecule has 1 aromatic heterocycles. The molecule has 2 N–H and O–H groups in total. The van der Waals surface area contributed by atoms with E-state index in [0.29, 0.717) is 25.5 Å². The molecule has 1 aliphatic rings. The number of pyridine rings is 1. The van der Waals surface area contributed by atoms with Gasteiger partial charge >= 0.3 is 0 Å². The number of hydrogen-bond donors (Lipinski definition) is 2. The Kier molecular flexibility index (Phi) is 3.38. The van der Waals surface area contributed by atoms with Crippen LogP contribution in [0.4, 0.5) is 0 Å². The third-order valence-electron chi connectivity index (χ3n) is 2.77. The van der Waals surface area contributed by atoms with E-state index in [-0.39, 0.29) is 0 Å². The van der Waals surface area contributed by atoms with Crippen LogP contribution in [0.5, 0.6) is 5.88 Å². The average molecular weight is 224 g/mol. The predicted molar refractivity (Wildman–Crippen MR) is 58.1 cm³/mol. The third-order valence-corrected chi connectivity index (χ3v) is 2.77. The van der Waals surface area contributed by atoms with Crippen LogP contribution in [0.1, 0.15) is 5.56 Å². The molecule has 0 aromatic carbocycles. The summed E-state index contributed by atoms with van der Waals surface area (Å²) in [4.78, 5) is 6.08. The van der Waals surface area contributed by atoms with E-state index < -0.39 is 12.2 Å². The van der Waals surface area contributed by atoms with Crippen molar-refractivity contribution in [3.05, 3.63) is 23.9 Å². The second-order valence-corrected chi connectivity index (χ2v) is 4.00. The van der Waals surface area contributed by atoms with Gasteiger partial charge in [0.05, 0.1) is 19.3 Å². The fourth-order valence-corrected chi connectivity index (χ4v) is 1.95. The van der Waals surface area contributed by atoms with Crippen molar-refractivity contribution in [2.45, 2.75) is 18.8 Å². The lowest BCUT2D eigenvalue weighted by Crippen LogP contribution is -2.22. The van der Waals surface area contributed by atoms with E-state index in [1.807, 2.05) is 17.0 Å². The monoisotopic (exact) mass is 224 g/mol. The Bertz CT molecular complexity index is 349. The molecule has 1 aromatic rings. The Morgan fingerprint density at radius 2 is 2.12 bits per heavy atom. The molecular formula is C11H16N2O3. The van der Waals surface area contributed by atoms with Crippen LogP contribution in [-0.4, -0.2) is 52.5 Å². The minimum absolute atomic E-state index is 0.485. The SMILES string of the molecule is COc1ncccc1CN1C[C@@H](O)[C@@H](O)C1. The molecule has 0 spiro atoms. The van der Waals surface area contributed by atoms with Crippen molar-refractivity contribution in [1.29, 1.82) is 0 Å². The molecule has 0 unspecified atom stereocenters. The van der Waals surface area contributed by atoms with Gasteiger partial charge in [0.1, 0.15) is 0 Å². The van der Waals surface area contributed by atoms with E-state index in [1.165, 1.54) is 0 Å². The number of β-amino-alcohol motifs (C(OH)–C–C–N with tert-alkyl or cyclic N) is 2. The zero-order valence-electron chi connectivity index (χ0n) is 9.21. The number of aliphatic hydroxyl groups excluding tert-OH is 2. The van der Waals surface area contributed by atoms with E-state index in [4.69, 9.17) is 4.74 Å². The molecule has 0 aliphatic carbocycles. The smallest absolute Gasteiger partial charge is 0.217 e. The standard InChI is InChI=1S/C11H16N2O3/c1-16-11-8(3-2-4-12-11)5-13-6-9(14)10(15)7-13/h2-4,9-10,14-15H,5-7H2,1H3/t9-,10+. The van der Waals surface area contributed by atoms with Gasteiger partial charge in [-0.25, -0.2) is 4.98 Å². The molecule has 2 atom stereocenters. The second kappa shape index (κ2) is 4.78. The molecule has 0 bridgehead atoms. The topological polar surface area (TPSA) is 65.8 Å². The molecule has 1 saturated heterocycles. The van der Waals surface area contributed by atoms with E-state index in [2.05, 4.69) is 4.98 Å². The summed E-state index contributed by atoms with van der Waals surface area (Å²) in [6, 6.07) is 3.78. The van der Waals surface area contributed by atoms with Gasteiger partial charge in [0, 0.05) is 31.4 Å². The normalized spacial score (nSPS) is 25.9. The molecule has 0 amide bonds. The lowest BCUT2D eigenvalue weighted by molar-refractivity contribution is 0.0572. The quantitative estimate of drug-likeness (QED) is 0.733. The Hall–Kier alpha value is -1.17. The molecule has 0 saturated carbocycles. The van der Waals surface area contributed by atoms with Gasteiger partial charge in [-0.2, -0.15) is 0 Å². The Morgan fingerprint density at radius 3 is 2.75 bits per heavy atom. The van der Waals surface area contributed by atoms with Gasteiger partial charge in [-0.15, -0.1) is 0 Å². The summed E-state index contributed by atoms with van der Waals surface area (Å²) in [5.74, 6) is 0.596. The van der Waals surface area contributed by atoms with Crippen LogP contribution in [0.15, 0.2) is 18.3 Å². The maximum absolute atomic E-state index is 9.43. The summed E-state index contributed by atoms with van der Waals surface area (Å²) < 4.78 is 5.15. The highest BCUT2D eigenvalue weighted by Gasteiger charge is 2.29. The number of aliphatic hydroxyl groups is 2. The van der Waals surface area contributed by atoms with Crippen LogP contribution in [-0.2, 0) is 6.54 Å². The molecule has 1 fully saturated rings. The second-order valence-electron chi connectivity index (χ2n) is 4.00. The first-order chi connectivity index (χ1) is 7.70. The highest BCUT2D eigenvalue weighted by Crippen LogP contribution is 2.19. The molecule has 16 heavy (non-hydrogen) atoms. The maximum Gasteiger partial charge on any atom is 0.217 e. The maximum atomic E-state index is 9.43. The summed E-state index contributed by atoms with van der Waals surface area (Å²) in [7, 11) is 1.58.